The Kier molecular flexibility index (Phi) is 5.41. The van der Waals surface area contributed by atoms with Gasteiger partial charge in [-0.15, -0.1) is 0 Å². The third-order valence-corrected chi connectivity index (χ3v) is 1.32. The predicted octanol–water partition coefficient (Wildman–Crippen LogP) is 2.15. The van der Waals surface area contributed by atoms with Crippen molar-refractivity contribution in [2.45, 2.75) is 32.1 Å². The van der Waals surface area contributed by atoms with Gasteiger partial charge in [-0.25, -0.2) is 0 Å². The van der Waals surface area contributed by atoms with Gasteiger partial charge < -0.3 is 6.42 Å². The fourth-order valence-corrected chi connectivity index (χ4v) is 0.898. The van der Waals surface area contributed by atoms with Gasteiger partial charge >= 0.3 is 22.4 Å². The van der Waals surface area contributed by atoms with Crippen LogP contribution in [0.25, 0.3) is 0 Å². The van der Waals surface area contributed by atoms with E-state index in [1.165, 1.54) is 32.1 Å². The molecule has 1 fully saturated rings. The molecule has 1 saturated carbocycles. The zero-order valence-corrected chi connectivity index (χ0v) is 6.58. The standard InChI is InChI=1S/C6H11.Au/c1-2-4-6-5-3-1;/h1H,2-6H2;/q-1;+1. The van der Waals surface area contributed by atoms with Crippen molar-refractivity contribution >= 4 is 0 Å². The van der Waals surface area contributed by atoms with E-state index in [9.17, 15) is 0 Å². The molecule has 0 nitrogen and oxygen atoms in total. The quantitative estimate of drug-likeness (QED) is 0.471. The molecule has 1 rings (SSSR count). The topological polar surface area (TPSA) is 0 Å². The maximum atomic E-state index is 2.39. The Morgan fingerprint density at radius 2 is 1.43 bits per heavy atom. The van der Waals surface area contributed by atoms with Crippen LogP contribution in [0.15, 0.2) is 0 Å². The third-order valence-electron chi connectivity index (χ3n) is 1.32. The van der Waals surface area contributed by atoms with Crippen LogP contribution in [0.1, 0.15) is 32.1 Å². The Hall–Kier alpha value is 0.740. The van der Waals surface area contributed by atoms with Gasteiger partial charge in [0, 0.05) is 0 Å². The first kappa shape index (κ1) is 7.74. The fourth-order valence-electron chi connectivity index (χ4n) is 0.898. The van der Waals surface area contributed by atoms with Crippen molar-refractivity contribution in [1.29, 1.82) is 0 Å². The van der Waals surface area contributed by atoms with Crippen LogP contribution >= 0.6 is 0 Å². The van der Waals surface area contributed by atoms with Gasteiger partial charge in [-0.1, -0.05) is 19.3 Å². The van der Waals surface area contributed by atoms with E-state index in [0.717, 1.165) is 0 Å². The maximum Gasteiger partial charge on any atom is 1.00 e. The molecule has 0 aliphatic heterocycles. The monoisotopic (exact) mass is 280 g/mol. The first-order valence-electron chi connectivity index (χ1n) is 2.82. The molecule has 7 heavy (non-hydrogen) atoms. The first-order chi connectivity index (χ1) is 3.00. The summed E-state index contributed by atoms with van der Waals surface area (Å²) >= 11 is 0. The second-order valence-electron chi connectivity index (χ2n) is 1.93. The molecule has 0 aromatic carbocycles. The Bertz CT molecular complexity index is 19.7. The molecule has 0 aromatic rings. The van der Waals surface area contributed by atoms with Crippen molar-refractivity contribution in [2.75, 3.05) is 0 Å². The van der Waals surface area contributed by atoms with Crippen molar-refractivity contribution in [3.05, 3.63) is 6.42 Å². The molecule has 1 aliphatic carbocycles. The van der Waals surface area contributed by atoms with E-state index in [2.05, 4.69) is 6.42 Å². The minimum absolute atomic E-state index is 0. The van der Waals surface area contributed by atoms with Crippen LogP contribution in [0.2, 0.25) is 0 Å². The Balaban J connectivity index is 0.000000360. The van der Waals surface area contributed by atoms with Crippen molar-refractivity contribution in [3.63, 3.8) is 0 Å². The minimum atomic E-state index is 0. The van der Waals surface area contributed by atoms with E-state index >= 15 is 0 Å². The van der Waals surface area contributed by atoms with Crippen LogP contribution in [0.4, 0.5) is 0 Å². The molecule has 0 atom stereocenters. The van der Waals surface area contributed by atoms with Gasteiger partial charge in [0.05, 0.1) is 0 Å². The zero-order chi connectivity index (χ0) is 4.24. The van der Waals surface area contributed by atoms with Crippen LogP contribution in [0.3, 0.4) is 0 Å². The Morgan fingerprint density at radius 1 is 0.857 bits per heavy atom. The number of rotatable bonds is 0. The van der Waals surface area contributed by atoms with Crippen LogP contribution < -0.4 is 0 Å². The van der Waals surface area contributed by atoms with Gasteiger partial charge in [0.25, 0.3) is 0 Å². The summed E-state index contributed by atoms with van der Waals surface area (Å²) in [6, 6.07) is 0. The van der Waals surface area contributed by atoms with Gasteiger partial charge in [-0.05, 0) is 0 Å². The van der Waals surface area contributed by atoms with Gasteiger partial charge in [-0.3, -0.25) is 0 Å². The molecule has 0 radical (unpaired) electrons. The van der Waals surface area contributed by atoms with Crippen molar-refractivity contribution < 1.29 is 22.4 Å². The van der Waals surface area contributed by atoms with Crippen LogP contribution in [0, 0.1) is 6.42 Å². The molecule has 0 spiro atoms. The summed E-state index contributed by atoms with van der Waals surface area (Å²) < 4.78 is 0. The largest absolute Gasteiger partial charge is 1.00 e. The molecule has 0 unspecified atom stereocenters. The summed E-state index contributed by atoms with van der Waals surface area (Å²) in [5, 5.41) is 0. The molecule has 0 amide bonds. The summed E-state index contributed by atoms with van der Waals surface area (Å²) in [7, 11) is 0. The Labute approximate surface area is 61.2 Å². The van der Waals surface area contributed by atoms with Gasteiger partial charge in [-0.2, -0.15) is 12.8 Å². The van der Waals surface area contributed by atoms with E-state index in [0.29, 0.717) is 0 Å². The summed E-state index contributed by atoms with van der Waals surface area (Å²) in [6.07, 6.45) is 9.50. The van der Waals surface area contributed by atoms with Crippen molar-refractivity contribution in [2.24, 2.45) is 0 Å². The fraction of sp³-hybridized carbons (Fsp3) is 0.833. The molecule has 0 heterocycles. The van der Waals surface area contributed by atoms with E-state index in [4.69, 9.17) is 0 Å². The third kappa shape index (κ3) is 3.33. The minimum Gasteiger partial charge on any atom is -0.328 e. The normalized spacial score (nSPS) is 20.6. The van der Waals surface area contributed by atoms with Gasteiger partial charge in [0.15, 0.2) is 0 Å². The van der Waals surface area contributed by atoms with E-state index in [-0.39, 0.29) is 22.4 Å². The van der Waals surface area contributed by atoms with Gasteiger partial charge in [0.2, 0.25) is 0 Å². The first-order valence-corrected chi connectivity index (χ1v) is 2.82. The average Bonchev–Trinajstić information content (AvgIpc) is 1.72. The average molecular weight is 280 g/mol. The maximum absolute atomic E-state index is 2.39. The molecule has 0 saturated heterocycles. The molecular formula is C6H11Au. The van der Waals surface area contributed by atoms with Crippen LogP contribution in [0.5, 0.6) is 0 Å². The smallest absolute Gasteiger partial charge is 0.328 e. The second-order valence-corrected chi connectivity index (χ2v) is 1.93. The molecule has 0 aromatic heterocycles. The van der Waals surface area contributed by atoms with E-state index < -0.39 is 0 Å². The van der Waals surface area contributed by atoms with Crippen LogP contribution in [-0.2, 0) is 22.4 Å². The summed E-state index contributed by atoms with van der Waals surface area (Å²) in [6.45, 7) is 0. The molecular weight excluding hydrogens is 269 g/mol. The summed E-state index contributed by atoms with van der Waals surface area (Å²) in [5.74, 6) is 0. The van der Waals surface area contributed by atoms with Crippen molar-refractivity contribution in [3.8, 4) is 0 Å². The van der Waals surface area contributed by atoms with E-state index in [1.807, 2.05) is 0 Å². The SMILES string of the molecule is [Au+].[CH-]1CCCCC1. The Morgan fingerprint density at radius 3 is 1.57 bits per heavy atom. The molecule has 46 valence electrons. The number of hydrogen-bond acceptors (Lipinski definition) is 0. The van der Waals surface area contributed by atoms with Gasteiger partial charge in [0.1, 0.15) is 0 Å². The molecule has 0 N–H and O–H groups in total. The van der Waals surface area contributed by atoms with E-state index in [1.54, 1.807) is 0 Å². The predicted molar refractivity (Wildman–Crippen MR) is 27.4 cm³/mol. The van der Waals surface area contributed by atoms with Crippen LogP contribution in [-0.4, -0.2) is 0 Å². The molecule has 0 bridgehead atoms. The number of hydrogen-bond donors (Lipinski definition) is 0. The zero-order valence-electron chi connectivity index (χ0n) is 4.41. The van der Waals surface area contributed by atoms with Crippen molar-refractivity contribution in [1.82, 2.24) is 0 Å². The summed E-state index contributed by atoms with van der Waals surface area (Å²) in [4.78, 5) is 0. The molecule has 1 heteroatoms. The second kappa shape index (κ2) is 4.89. The molecule has 1 aliphatic rings. The summed E-state index contributed by atoms with van der Waals surface area (Å²) in [5.41, 5.74) is 0.